The van der Waals surface area contributed by atoms with Gasteiger partial charge in [0.1, 0.15) is 6.99 Å². The maximum Gasteiger partial charge on any atom is 0.271 e. The van der Waals surface area contributed by atoms with Crippen LogP contribution in [0, 0.1) is 0 Å². The third kappa shape index (κ3) is 6.01. The van der Waals surface area contributed by atoms with Crippen LogP contribution >= 0.6 is 73.5 Å². The number of hydrogen-bond acceptors (Lipinski definition) is 0. The summed E-state index contributed by atoms with van der Waals surface area (Å²) in [6, 6.07) is 0. The van der Waals surface area contributed by atoms with Crippen molar-refractivity contribution in [3.8, 4) is 0 Å². The molecule has 0 aliphatic carbocycles. The minimum atomic E-state index is -2.18. The largest absolute Gasteiger partial charge is 0.271 e. The van der Waals surface area contributed by atoms with Gasteiger partial charge in [-0.15, -0.1) is 0 Å². The van der Waals surface area contributed by atoms with Crippen LogP contribution < -0.4 is 0 Å². The molecule has 56 valence electrons. The molecule has 9 heavy (non-hydrogen) atoms. The molecule has 0 saturated heterocycles. The van der Waals surface area contributed by atoms with Gasteiger partial charge in [-0.2, -0.15) is 0 Å². The number of hydrogen-bond donors (Lipinski definition) is 0. The van der Waals surface area contributed by atoms with Crippen molar-refractivity contribution >= 4 is 73.5 Å². The summed E-state index contributed by atoms with van der Waals surface area (Å²) >= 11 is 0. The summed E-state index contributed by atoms with van der Waals surface area (Å²) in [5.74, 6) is 0. The highest BCUT2D eigenvalue weighted by atomic mass is 33.2. The van der Waals surface area contributed by atoms with Crippen molar-refractivity contribution in [1.29, 1.82) is 2.56 Å². The van der Waals surface area contributed by atoms with Gasteiger partial charge in [0.15, 0.2) is 0 Å². The lowest BCUT2D eigenvalue weighted by Gasteiger charge is -2.15. The summed E-state index contributed by atoms with van der Waals surface area (Å²) in [5.41, 5.74) is 0. The fourth-order valence-electron chi connectivity index (χ4n) is 0.239. The lowest BCUT2D eigenvalue weighted by Crippen LogP contribution is -1.31. The smallest absolute Gasteiger partial charge is 0.0988 e. The van der Waals surface area contributed by atoms with Crippen LogP contribution in [0.3, 0.4) is 0 Å². The molecule has 0 aromatic carbocycles. The minimum absolute atomic E-state index is 0.253. The Morgan fingerprint density at radius 3 is 1.44 bits per heavy atom. The molecular formula is H12P9+. The lowest BCUT2D eigenvalue weighted by atomic mass is 28.8. The van der Waals surface area contributed by atoms with Crippen molar-refractivity contribution in [2.75, 3.05) is 0 Å². The summed E-state index contributed by atoms with van der Waals surface area (Å²) in [7, 11) is 11.2. The molecule has 0 heterocycles. The molecule has 0 aromatic rings. The maximum absolute atomic E-state index is 7.70. The van der Waals surface area contributed by atoms with Gasteiger partial charge < -0.3 is 0 Å². The van der Waals surface area contributed by atoms with Gasteiger partial charge in [-0.3, -0.25) is 0 Å². The summed E-state index contributed by atoms with van der Waals surface area (Å²) in [6.45, 7) is -0.936. The van der Waals surface area contributed by atoms with Crippen LogP contribution in [0.2, 0.25) is 0 Å². The quantitative estimate of drug-likeness (QED) is 0.671. The van der Waals surface area contributed by atoms with Gasteiger partial charge in [0.2, 0.25) is 0 Å². The predicted octanol–water partition coefficient (Wildman–Crippen LogP) is 4.54. The SMILES string of the molecule is [3H][P+]([3H])(P)P(P(P)P)P(P)P. The van der Waals surface area contributed by atoms with Gasteiger partial charge in [-0.05, 0) is 0 Å². The summed E-state index contributed by atoms with van der Waals surface area (Å²) in [5, 5.41) is 0. The van der Waals surface area contributed by atoms with E-state index in [0.29, 0.717) is 0 Å². The molecule has 0 saturated carbocycles. The Kier molecular flexibility index (Phi) is 7.64. The first-order valence-corrected chi connectivity index (χ1v) is 17.0. The lowest BCUT2D eigenvalue weighted by molar-refractivity contribution is 4.75. The van der Waals surface area contributed by atoms with Crippen molar-refractivity contribution in [3.05, 3.63) is 0 Å². The van der Waals surface area contributed by atoms with Gasteiger partial charge >= 0.3 is 0 Å². The van der Waals surface area contributed by atoms with Gasteiger partial charge in [0.25, 0.3) is 2.56 Å². The summed E-state index contributed by atoms with van der Waals surface area (Å²) in [6.07, 6.45) is 0. The molecule has 0 aliphatic heterocycles. The van der Waals surface area contributed by atoms with Gasteiger partial charge in [-0.1, -0.05) is 35.7 Å². The van der Waals surface area contributed by atoms with Crippen molar-refractivity contribution < 1.29 is 0 Å². The Labute approximate surface area is 76.2 Å². The van der Waals surface area contributed by atoms with Crippen LogP contribution in [0.4, 0.5) is 0 Å². The van der Waals surface area contributed by atoms with E-state index in [2.05, 4.69) is 44.6 Å². The molecule has 0 rings (SSSR count). The first-order valence-electron chi connectivity index (χ1n) is 2.79. The van der Waals surface area contributed by atoms with E-state index < -0.39 is 14.8 Å². The highest BCUT2D eigenvalue weighted by molar-refractivity contribution is 9.10. The molecule has 0 N–H and O–H groups in total. The van der Waals surface area contributed by atoms with E-state index in [1.165, 1.54) is 0 Å². The molecule has 0 aliphatic rings. The fourth-order valence-corrected chi connectivity index (χ4v) is 58.0. The normalized spacial score (nSPS) is 16.9. The zero-order valence-corrected chi connectivity index (χ0v) is 14.0. The molecule has 5 unspecified atom stereocenters. The summed E-state index contributed by atoms with van der Waals surface area (Å²) in [4.78, 5) is 0. The molecule has 0 amide bonds. The number of rotatable bonds is 3. The Morgan fingerprint density at radius 2 is 1.44 bits per heavy atom. The van der Waals surface area contributed by atoms with E-state index in [0.717, 1.165) is 0 Å². The van der Waals surface area contributed by atoms with Crippen molar-refractivity contribution in [1.82, 2.24) is 0 Å². The standard InChI is InChI=1S/H11P9/c1-6-9(7(2)3)8(4)5/h6H,1-5H2/p+1/i6T/hT. The van der Waals surface area contributed by atoms with Gasteiger partial charge in [-0.25, -0.2) is 0 Å². The van der Waals surface area contributed by atoms with Crippen molar-refractivity contribution in [2.24, 2.45) is 0 Å². The van der Waals surface area contributed by atoms with E-state index in [1.807, 2.05) is 0 Å². The minimum Gasteiger partial charge on any atom is -0.0988 e. The zero-order valence-electron chi connectivity index (χ0n) is 6.68. The first kappa shape index (κ1) is 9.43. The fraction of sp³-hybridized carbons (Fsp3) is 0. The highest BCUT2D eigenvalue weighted by Gasteiger charge is 2.21. The molecule has 0 bridgehead atoms. The van der Waals surface area contributed by atoms with Crippen molar-refractivity contribution in [2.45, 2.75) is 0 Å². The van der Waals surface area contributed by atoms with Crippen LogP contribution in [0.25, 0.3) is 0 Å². The van der Waals surface area contributed by atoms with E-state index in [9.17, 15) is 0 Å². The third-order valence-electron chi connectivity index (χ3n) is 0.516. The van der Waals surface area contributed by atoms with E-state index in [-0.39, 0.29) is 14.0 Å². The third-order valence-corrected chi connectivity index (χ3v) is 41.8. The van der Waals surface area contributed by atoms with Crippen LogP contribution in [0.15, 0.2) is 0 Å². The van der Waals surface area contributed by atoms with E-state index in [4.69, 9.17) is 2.56 Å². The second kappa shape index (κ2) is 7.29. The molecule has 9 heteroatoms. The van der Waals surface area contributed by atoms with E-state index >= 15 is 0 Å². The van der Waals surface area contributed by atoms with Crippen LogP contribution in [-0.4, -0.2) is 2.56 Å². The molecule has 0 radical (unpaired) electrons. The second-order valence-electron chi connectivity index (χ2n) is 1.14. The summed E-state index contributed by atoms with van der Waals surface area (Å²) < 4.78 is 15.4. The zero-order chi connectivity index (χ0) is 9.23. The maximum atomic E-state index is 7.70. The van der Waals surface area contributed by atoms with E-state index in [1.54, 1.807) is 0 Å². The Hall–Kier alpha value is 3.87. The van der Waals surface area contributed by atoms with Gasteiger partial charge in [0, 0.05) is 30.8 Å². The molecule has 0 aromatic heterocycles. The molecule has 0 spiro atoms. The average molecular weight is 295 g/mol. The Morgan fingerprint density at radius 1 is 1.11 bits per heavy atom. The molecular weight excluding hydrogens is 279 g/mol. The Balaban J connectivity index is 4.35. The topological polar surface area (TPSA) is 0 Å². The van der Waals surface area contributed by atoms with Crippen LogP contribution in [0.1, 0.15) is 0 Å². The van der Waals surface area contributed by atoms with Crippen molar-refractivity contribution in [3.63, 3.8) is 0 Å². The first-order chi connectivity index (χ1) is 4.76. The van der Waals surface area contributed by atoms with Crippen LogP contribution in [0.5, 0.6) is 0 Å². The second-order valence-corrected chi connectivity index (χ2v) is 30.9. The molecule has 5 atom stereocenters. The van der Waals surface area contributed by atoms with Crippen LogP contribution in [-0.2, 0) is 0 Å². The monoisotopic (exact) mass is 295 g/mol. The average Bonchev–Trinajstić information content (AvgIpc) is 1.54. The van der Waals surface area contributed by atoms with Gasteiger partial charge in [0.05, 0.1) is 0 Å². The highest BCUT2D eigenvalue weighted by Crippen LogP contribution is 3.04. The molecule has 0 nitrogen and oxygen atoms in total. The predicted molar refractivity (Wildman–Crippen MR) is 79.0 cm³/mol. The molecule has 0 fully saturated rings. The Bertz CT molecular complexity index is 103.